The van der Waals surface area contributed by atoms with Gasteiger partial charge in [-0.15, -0.1) is 0 Å². The Balaban J connectivity index is 0.000000290. The highest BCUT2D eigenvalue weighted by Crippen LogP contribution is 2.29. The van der Waals surface area contributed by atoms with Gasteiger partial charge in [0.05, 0.1) is 12.0 Å². The van der Waals surface area contributed by atoms with Crippen LogP contribution >= 0.6 is 0 Å². The molecule has 0 fully saturated rings. The first-order valence-electron chi connectivity index (χ1n) is 8.63. The number of carbonyl (C=O) groups is 3. The number of carboxylic acid groups (broad SMARTS) is 2. The number of carboxylic acids is 2. The normalized spacial score (nSPS) is 16.3. The van der Waals surface area contributed by atoms with Crippen LogP contribution in [0.5, 0.6) is 0 Å². The summed E-state index contributed by atoms with van der Waals surface area (Å²) in [4.78, 5) is 35.7. The lowest BCUT2D eigenvalue weighted by atomic mass is 9.95. The van der Waals surface area contributed by atoms with Gasteiger partial charge in [-0.2, -0.15) is 0 Å². The van der Waals surface area contributed by atoms with E-state index in [9.17, 15) is 14.4 Å². The summed E-state index contributed by atoms with van der Waals surface area (Å²) in [6.45, 7) is 2.45. The van der Waals surface area contributed by atoms with E-state index < -0.39 is 18.0 Å². The first kappa shape index (κ1) is 18.4. The summed E-state index contributed by atoms with van der Waals surface area (Å²) in [5, 5.41) is 20.6. The molecule has 1 aliphatic heterocycles. The average molecular weight is 368 g/mol. The molecule has 140 valence electrons. The Labute approximate surface area is 156 Å². The minimum Gasteiger partial charge on any atom is -0.481 e. The van der Waals surface area contributed by atoms with Crippen molar-refractivity contribution in [2.24, 2.45) is 0 Å². The molecule has 4 rings (SSSR count). The van der Waals surface area contributed by atoms with Crippen LogP contribution in [0.1, 0.15) is 29.3 Å². The number of anilines is 1. The van der Waals surface area contributed by atoms with Gasteiger partial charge in [-0.1, -0.05) is 24.3 Å². The number of fused-ring (bicyclic) bond motifs is 2. The molecule has 0 aromatic heterocycles. The lowest BCUT2D eigenvalue weighted by molar-refractivity contribution is -0.139. The van der Waals surface area contributed by atoms with Crippen molar-refractivity contribution in [1.82, 2.24) is 5.32 Å². The number of carbonyl (C=O) groups excluding carboxylic acids is 1. The summed E-state index contributed by atoms with van der Waals surface area (Å²) in [6, 6.07) is 12.3. The lowest BCUT2D eigenvalue weighted by Crippen LogP contribution is -2.46. The number of benzene rings is 2. The second-order valence-corrected chi connectivity index (χ2v) is 6.34. The minimum absolute atomic E-state index is 0.135. The van der Waals surface area contributed by atoms with Crippen LogP contribution in [-0.4, -0.2) is 40.6 Å². The highest BCUT2D eigenvalue weighted by molar-refractivity contribution is 5.92. The van der Waals surface area contributed by atoms with Crippen LogP contribution in [0.4, 0.5) is 5.69 Å². The molecule has 2 aliphatic carbocycles. The van der Waals surface area contributed by atoms with Gasteiger partial charge in [-0.3, -0.25) is 9.59 Å². The van der Waals surface area contributed by atoms with Gasteiger partial charge in [-0.25, -0.2) is 4.79 Å². The van der Waals surface area contributed by atoms with Crippen LogP contribution in [0.25, 0.3) is 11.1 Å². The summed E-state index contributed by atoms with van der Waals surface area (Å²) < 4.78 is 0. The first-order chi connectivity index (χ1) is 12.9. The maximum absolute atomic E-state index is 12.1. The number of hydrogen-bond acceptors (Lipinski definition) is 4. The molecule has 1 unspecified atom stereocenters. The first-order valence-corrected chi connectivity index (χ1v) is 8.63. The van der Waals surface area contributed by atoms with E-state index in [1.165, 1.54) is 23.3 Å². The van der Waals surface area contributed by atoms with Gasteiger partial charge in [0.25, 0.3) is 0 Å². The molecule has 0 saturated carbocycles. The van der Waals surface area contributed by atoms with E-state index in [2.05, 4.69) is 29.6 Å². The van der Waals surface area contributed by atoms with E-state index in [0.717, 1.165) is 0 Å². The topological polar surface area (TPSA) is 107 Å². The number of likely N-dealkylation sites (N-methyl/N-ethyl adjacent to an activating group) is 1. The van der Waals surface area contributed by atoms with E-state index in [-0.39, 0.29) is 24.4 Å². The van der Waals surface area contributed by atoms with Crippen molar-refractivity contribution in [3.05, 3.63) is 53.6 Å². The molecule has 0 saturated heterocycles. The maximum Gasteiger partial charge on any atom is 0.335 e. The molecule has 0 bridgehead atoms. The van der Waals surface area contributed by atoms with Crippen LogP contribution in [-0.2, 0) is 16.1 Å². The molecule has 1 aromatic rings. The van der Waals surface area contributed by atoms with E-state index in [4.69, 9.17) is 10.2 Å². The molecule has 27 heavy (non-hydrogen) atoms. The Kier molecular flexibility index (Phi) is 5.12. The molecule has 7 heteroatoms. The van der Waals surface area contributed by atoms with Crippen molar-refractivity contribution in [1.29, 1.82) is 0 Å². The van der Waals surface area contributed by atoms with Crippen LogP contribution in [0, 0.1) is 0 Å². The fourth-order valence-electron chi connectivity index (χ4n) is 3.17. The van der Waals surface area contributed by atoms with Crippen molar-refractivity contribution < 1.29 is 24.6 Å². The third kappa shape index (κ3) is 3.76. The van der Waals surface area contributed by atoms with Gasteiger partial charge in [0.15, 0.2) is 0 Å². The Morgan fingerprint density at radius 2 is 1.74 bits per heavy atom. The number of nitrogens with zero attached hydrogens (tertiary/aromatic N) is 1. The third-order valence-electron chi connectivity index (χ3n) is 4.69. The zero-order chi connectivity index (χ0) is 19.6. The van der Waals surface area contributed by atoms with Crippen LogP contribution in [0.15, 0.2) is 42.5 Å². The van der Waals surface area contributed by atoms with E-state index >= 15 is 0 Å². The highest BCUT2D eigenvalue weighted by Gasteiger charge is 2.31. The predicted octanol–water partition coefficient (Wildman–Crippen LogP) is 2.35. The molecule has 0 spiro atoms. The van der Waals surface area contributed by atoms with Gasteiger partial charge in [0, 0.05) is 18.8 Å². The second kappa shape index (κ2) is 7.49. The second-order valence-electron chi connectivity index (χ2n) is 6.34. The number of aliphatic carboxylic acids is 1. The SMILES string of the molecule is CCN1c2ccc(C(=O)O)cc2CNC(=O)C1CC(=O)O.c1cc2ccc1-2. The van der Waals surface area contributed by atoms with Crippen molar-refractivity contribution in [3.8, 4) is 11.1 Å². The summed E-state index contributed by atoms with van der Waals surface area (Å²) in [6.07, 6.45) is -0.306. The van der Waals surface area contributed by atoms with Crippen molar-refractivity contribution >= 4 is 23.5 Å². The van der Waals surface area contributed by atoms with Gasteiger partial charge < -0.3 is 20.4 Å². The molecule has 1 atom stereocenters. The number of hydrogen-bond donors (Lipinski definition) is 3. The molecule has 1 amide bonds. The molecule has 1 aromatic carbocycles. The van der Waals surface area contributed by atoms with Crippen molar-refractivity contribution in [2.45, 2.75) is 25.9 Å². The highest BCUT2D eigenvalue weighted by atomic mass is 16.4. The zero-order valence-corrected chi connectivity index (χ0v) is 14.8. The van der Waals surface area contributed by atoms with Gasteiger partial charge in [-0.05, 0) is 41.8 Å². The number of nitrogens with one attached hydrogen (secondary N) is 1. The molecule has 7 nitrogen and oxygen atoms in total. The van der Waals surface area contributed by atoms with Gasteiger partial charge >= 0.3 is 11.9 Å². The molecule has 1 heterocycles. The van der Waals surface area contributed by atoms with E-state index in [1.54, 1.807) is 11.0 Å². The summed E-state index contributed by atoms with van der Waals surface area (Å²) in [5.74, 6) is -2.47. The van der Waals surface area contributed by atoms with Gasteiger partial charge in [0.2, 0.25) is 5.91 Å². The predicted molar refractivity (Wildman–Crippen MR) is 99.7 cm³/mol. The van der Waals surface area contributed by atoms with Crippen LogP contribution in [0.3, 0.4) is 0 Å². The molecule has 0 radical (unpaired) electrons. The quantitative estimate of drug-likeness (QED) is 0.653. The smallest absolute Gasteiger partial charge is 0.335 e. The number of rotatable bonds is 4. The largest absolute Gasteiger partial charge is 0.481 e. The Bertz CT molecular complexity index is 871. The molecule has 3 N–H and O–H groups in total. The van der Waals surface area contributed by atoms with Crippen molar-refractivity contribution in [2.75, 3.05) is 11.4 Å². The fraction of sp³-hybridized carbons (Fsp3) is 0.250. The van der Waals surface area contributed by atoms with Crippen LogP contribution < -0.4 is 10.2 Å². The Morgan fingerprint density at radius 3 is 2.19 bits per heavy atom. The summed E-state index contributed by atoms with van der Waals surface area (Å²) in [5.41, 5.74) is 4.34. The van der Waals surface area contributed by atoms with Gasteiger partial charge in [0.1, 0.15) is 6.04 Å². The minimum atomic E-state index is -1.06. The van der Waals surface area contributed by atoms with Crippen LogP contribution in [0.2, 0.25) is 0 Å². The average Bonchev–Trinajstić information content (AvgIpc) is 2.75. The molecule has 3 aliphatic rings. The summed E-state index contributed by atoms with van der Waals surface area (Å²) in [7, 11) is 0. The standard InChI is InChI=1S/C14H16N2O5.C6H4/c1-2-16-10-4-3-8(14(20)21)5-9(10)7-15-13(19)11(16)6-12(17)18;1-2-6-4-3-5(1)6/h3-5,11H,2,6-7H2,1H3,(H,15,19)(H,17,18)(H,20,21);1-4H. The monoisotopic (exact) mass is 368 g/mol. The fourth-order valence-corrected chi connectivity index (χ4v) is 3.17. The molecular formula is C20H20N2O5. The number of amides is 1. The third-order valence-corrected chi connectivity index (χ3v) is 4.69. The lowest BCUT2D eigenvalue weighted by Gasteiger charge is -2.29. The maximum atomic E-state index is 12.1. The number of aromatic carboxylic acids is 1. The summed E-state index contributed by atoms with van der Waals surface area (Å²) >= 11 is 0. The van der Waals surface area contributed by atoms with E-state index in [1.807, 2.05) is 6.92 Å². The molecular weight excluding hydrogens is 348 g/mol. The Morgan fingerprint density at radius 1 is 1.11 bits per heavy atom. The Hall–Kier alpha value is -3.35. The van der Waals surface area contributed by atoms with Crippen molar-refractivity contribution in [3.63, 3.8) is 0 Å². The van der Waals surface area contributed by atoms with E-state index in [0.29, 0.717) is 17.8 Å². The zero-order valence-electron chi connectivity index (χ0n) is 14.8.